The zero-order chi connectivity index (χ0) is 9.97. The third kappa shape index (κ3) is 2.13. The van der Waals surface area contributed by atoms with Crippen molar-refractivity contribution in [1.29, 1.82) is 0 Å². The first-order chi connectivity index (χ1) is 6.81. The number of pyridine rings is 1. The van der Waals surface area contributed by atoms with E-state index < -0.39 is 0 Å². The zero-order valence-electron chi connectivity index (χ0n) is 8.96. The highest BCUT2D eigenvalue weighted by Gasteiger charge is 2.31. The summed E-state index contributed by atoms with van der Waals surface area (Å²) < 4.78 is 0. The normalized spacial score (nSPS) is 18.1. The molecule has 0 saturated heterocycles. The highest BCUT2D eigenvalue weighted by molar-refractivity contribution is 5.20. The zero-order valence-corrected chi connectivity index (χ0v) is 8.96. The summed E-state index contributed by atoms with van der Waals surface area (Å²) in [5.74, 6) is 1.57. The highest BCUT2D eigenvalue weighted by atomic mass is 14.8. The Kier molecular flexibility index (Phi) is 2.82. The van der Waals surface area contributed by atoms with Gasteiger partial charge in [0.25, 0.3) is 0 Å². The molecule has 1 atom stereocenters. The molecule has 0 amide bonds. The standard InChI is InChI=1S/C12H18N2/c1-9-3-4-11(7-14-9)12(8-13-2)10-5-6-10/h3-4,7,10,12-13H,5-6,8H2,1-2H3. The van der Waals surface area contributed by atoms with Crippen LogP contribution < -0.4 is 5.32 Å². The van der Waals surface area contributed by atoms with E-state index in [0.29, 0.717) is 5.92 Å². The van der Waals surface area contributed by atoms with Crippen molar-refractivity contribution in [2.24, 2.45) is 5.92 Å². The van der Waals surface area contributed by atoms with Crippen molar-refractivity contribution in [3.05, 3.63) is 29.6 Å². The predicted octanol–water partition coefficient (Wildman–Crippen LogP) is 2.10. The van der Waals surface area contributed by atoms with E-state index in [1.54, 1.807) is 0 Å². The van der Waals surface area contributed by atoms with Gasteiger partial charge in [0.2, 0.25) is 0 Å². The first kappa shape index (κ1) is 9.66. The Morgan fingerprint density at radius 1 is 1.50 bits per heavy atom. The topological polar surface area (TPSA) is 24.9 Å². The van der Waals surface area contributed by atoms with E-state index in [0.717, 1.165) is 18.2 Å². The van der Waals surface area contributed by atoms with Gasteiger partial charge in [-0.3, -0.25) is 4.98 Å². The van der Waals surface area contributed by atoms with Crippen LogP contribution in [0.4, 0.5) is 0 Å². The lowest BCUT2D eigenvalue weighted by Crippen LogP contribution is -2.18. The summed E-state index contributed by atoms with van der Waals surface area (Å²) in [5, 5.41) is 3.27. The fourth-order valence-electron chi connectivity index (χ4n) is 1.97. The van der Waals surface area contributed by atoms with Crippen LogP contribution in [0.15, 0.2) is 18.3 Å². The molecule has 76 valence electrons. The van der Waals surface area contributed by atoms with Crippen LogP contribution >= 0.6 is 0 Å². The van der Waals surface area contributed by atoms with Crippen molar-refractivity contribution < 1.29 is 0 Å². The molecule has 1 saturated carbocycles. The summed E-state index contributed by atoms with van der Waals surface area (Å²) >= 11 is 0. The Bertz CT molecular complexity index is 288. The number of aryl methyl sites for hydroxylation is 1. The largest absolute Gasteiger partial charge is 0.319 e. The molecule has 2 nitrogen and oxygen atoms in total. The Morgan fingerprint density at radius 2 is 2.29 bits per heavy atom. The molecule has 1 fully saturated rings. The lowest BCUT2D eigenvalue weighted by molar-refractivity contribution is 0.565. The van der Waals surface area contributed by atoms with Crippen molar-refractivity contribution in [3.8, 4) is 0 Å². The van der Waals surface area contributed by atoms with Crippen LogP contribution in [0.5, 0.6) is 0 Å². The molecular weight excluding hydrogens is 172 g/mol. The Balaban J connectivity index is 2.13. The fourth-order valence-corrected chi connectivity index (χ4v) is 1.97. The van der Waals surface area contributed by atoms with E-state index in [9.17, 15) is 0 Å². The van der Waals surface area contributed by atoms with Crippen LogP contribution in [0.3, 0.4) is 0 Å². The summed E-state index contributed by atoms with van der Waals surface area (Å²) in [5.41, 5.74) is 2.50. The lowest BCUT2D eigenvalue weighted by Gasteiger charge is -2.15. The van der Waals surface area contributed by atoms with Crippen LogP contribution in [0.1, 0.15) is 30.0 Å². The molecule has 1 aromatic rings. The van der Waals surface area contributed by atoms with Gasteiger partial charge in [0.05, 0.1) is 0 Å². The van der Waals surface area contributed by atoms with Gasteiger partial charge in [-0.2, -0.15) is 0 Å². The van der Waals surface area contributed by atoms with Crippen molar-refractivity contribution in [3.63, 3.8) is 0 Å². The van der Waals surface area contributed by atoms with Crippen LogP contribution in [0, 0.1) is 12.8 Å². The molecule has 0 bridgehead atoms. The van der Waals surface area contributed by atoms with Gasteiger partial charge in [-0.25, -0.2) is 0 Å². The SMILES string of the molecule is CNCC(c1ccc(C)nc1)C1CC1. The van der Waals surface area contributed by atoms with Crippen LogP contribution in [-0.2, 0) is 0 Å². The molecular formula is C12H18N2. The second kappa shape index (κ2) is 4.09. The maximum absolute atomic E-state index is 4.36. The number of nitrogens with one attached hydrogen (secondary N) is 1. The molecule has 1 aliphatic carbocycles. The van der Waals surface area contributed by atoms with Gasteiger partial charge < -0.3 is 5.32 Å². The van der Waals surface area contributed by atoms with E-state index in [1.165, 1.54) is 18.4 Å². The highest BCUT2D eigenvalue weighted by Crippen LogP contribution is 2.41. The number of likely N-dealkylation sites (N-methyl/N-ethyl adjacent to an activating group) is 1. The lowest BCUT2D eigenvalue weighted by atomic mass is 9.95. The van der Waals surface area contributed by atoms with E-state index >= 15 is 0 Å². The third-order valence-corrected chi connectivity index (χ3v) is 2.98. The molecule has 1 aromatic heterocycles. The van der Waals surface area contributed by atoms with Crippen molar-refractivity contribution >= 4 is 0 Å². The second-order valence-corrected chi connectivity index (χ2v) is 4.23. The van der Waals surface area contributed by atoms with Crippen molar-refractivity contribution in [2.45, 2.75) is 25.7 Å². The second-order valence-electron chi connectivity index (χ2n) is 4.23. The minimum absolute atomic E-state index is 0.674. The van der Waals surface area contributed by atoms with Gasteiger partial charge in [0, 0.05) is 24.4 Å². The van der Waals surface area contributed by atoms with Gasteiger partial charge in [-0.05, 0) is 44.4 Å². The average Bonchev–Trinajstić information content (AvgIpc) is 2.99. The molecule has 0 aliphatic heterocycles. The van der Waals surface area contributed by atoms with Gasteiger partial charge >= 0.3 is 0 Å². The molecule has 1 aliphatic rings. The summed E-state index contributed by atoms with van der Waals surface area (Å²) in [6.45, 7) is 3.11. The molecule has 1 unspecified atom stereocenters. The summed E-state index contributed by atoms with van der Waals surface area (Å²) in [6, 6.07) is 4.34. The van der Waals surface area contributed by atoms with Crippen LogP contribution in [0.2, 0.25) is 0 Å². The van der Waals surface area contributed by atoms with E-state index in [2.05, 4.69) is 22.4 Å². The molecule has 2 rings (SSSR count). The van der Waals surface area contributed by atoms with Crippen LogP contribution in [0.25, 0.3) is 0 Å². The van der Waals surface area contributed by atoms with Gasteiger partial charge in [0.1, 0.15) is 0 Å². The number of hydrogen-bond acceptors (Lipinski definition) is 2. The van der Waals surface area contributed by atoms with Crippen molar-refractivity contribution in [2.75, 3.05) is 13.6 Å². The minimum atomic E-state index is 0.674. The molecule has 1 heterocycles. The van der Waals surface area contributed by atoms with Gasteiger partial charge in [-0.1, -0.05) is 6.07 Å². The van der Waals surface area contributed by atoms with Gasteiger partial charge in [0.15, 0.2) is 0 Å². The average molecular weight is 190 g/mol. The Labute approximate surface area is 85.7 Å². The summed E-state index contributed by atoms with van der Waals surface area (Å²) in [7, 11) is 2.02. The molecule has 1 N–H and O–H groups in total. The van der Waals surface area contributed by atoms with Crippen molar-refractivity contribution in [1.82, 2.24) is 10.3 Å². The number of nitrogens with zero attached hydrogens (tertiary/aromatic N) is 1. The maximum Gasteiger partial charge on any atom is 0.0372 e. The first-order valence-electron chi connectivity index (χ1n) is 5.38. The molecule has 2 heteroatoms. The minimum Gasteiger partial charge on any atom is -0.319 e. The molecule has 14 heavy (non-hydrogen) atoms. The number of rotatable bonds is 4. The van der Waals surface area contributed by atoms with Gasteiger partial charge in [-0.15, -0.1) is 0 Å². The Morgan fingerprint density at radius 3 is 2.79 bits per heavy atom. The summed E-state index contributed by atoms with van der Waals surface area (Å²) in [4.78, 5) is 4.36. The van der Waals surface area contributed by atoms with E-state index in [1.807, 2.05) is 20.2 Å². The fraction of sp³-hybridized carbons (Fsp3) is 0.583. The molecule has 0 radical (unpaired) electrons. The Hall–Kier alpha value is -0.890. The predicted molar refractivity (Wildman–Crippen MR) is 58.4 cm³/mol. The molecule has 0 aromatic carbocycles. The molecule has 0 spiro atoms. The monoisotopic (exact) mass is 190 g/mol. The number of aromatic nitrogens is 1. The van der Waals surface area contributed by atoms with Crippen LogP contribution in [-0.4, -0.2) is 18.6 Å². The van der Waals surface area contributed by atoms with E-state index in [-0.39, 0.29) is 0 Å². The maximum atomic E-state index is 4.36. The summed E-state index contributed by atoms with van der Waals surface area (Å²) in [6.07, 6.45) is 4.82. The smallest absolute Gasteiger partial charge is 0.0372 e. The third-order valence-electron chi connectivity index (χ3n) is 2.98. The number of hydrogen-bond donors (Lipinski definition) is 1. The first-order valence-corrected chi connectivity index (χ1v) is 5.38. The van der Waals surface area contributed by atoms with E-state index in [4.69, 9.17) is 0 Å². The quantitative estimate of drug-likeness (QED) is 0.786.